The number of rotatable bonds is 1. The Bertz CT molecular complexity index is 290. The van der Waals surface area contributed by atoms with Gasteiger partial charge in [0.1, 0.15) is 5.75 Å². The van der Waals surface area contributed by atoms with E-state index >= 15 is 0 Å². The van der Waals surface area contributed by atoms with Crippen molar-refractivity contribution in [3.63, 3.8) is 0 Å². The maximum atomic E-state index is 9.28. The Morgan fingerprint density at radius 1 is 1.50 bits per heavy atom. The Labute approximate surface area is 71.8 Å². The molecule has 0 radical (unpaired) electrons. The highest BCUT2D eigenvalue weighted by Gasteiger charge is 2.20. The van der Waals surface area contributed by atoms with Gasteiger partial charge in [0.15, 0.2) is 0 Å². The van der Waals surface area contributed by atoms with Gasteiger partial charge in [-0.1, -0.05) is 6.07 Å². The average Bonchev–Trinajstić information content (AvgIpc) is 1.93. The van der Waals surface area contributed by atoms with Crippen molar-refractivity contribution in [3.8, 4) is 5.75 Å². The lowest BCUT2D eigenvalue weighted by Gasteiger charge is -2.27. The van der Waals surface area contributed by atoms with Gasteiger partial charge in [-0.15, -0.1) is 0 Å². The van der Waals surface area contributed by atoms with Crippen molar-refractivity contribution in [2.75, 3.05) is 6.61 Å². The summed E-state index contributed by atoms with van der Waals surface area (Å²) in [6, 6.07) is 5.64. The predicted octanol–water partition coefficient (Wildman–Crippen LogP) is 2.16. The number of ether oxygens (including phenoxy) is 1. The fourth-order valence-electron chi connectivity index (χ4n) is 1.38. The molecule has 2 heteroatoms. The van der Waals surface area contributed by atoms with Gasteiger partial charge in [-0.25, -0.2) is 0 Å². The molecule has 1 saturated heterocycles. The van der Waals surface area contributed by atoms with Gasteiger partial charge in [-0.05, 0) is 30.2 Å². The molecule has 1 N–H and O–H groups in total. The van der Waals surface area contributed by atoms with Gasteiger partial charge in [0.2, 0.25) is 0 Å². The highest BCUT2D eigenvalue weighted by Crippen LogP contribution is 2.31. The molecule has 1 aliphatic rings. The molecule has 1 aliphatic heterocycles. The quantitative estimate of drug-likeness (QED) is 0.689. The standard InChI is InChI=1S/C10H12O2/c1-7-6-8(2-3-9(7)11)10-4-5-12-10/h2-3,6,10-11H,4-5H2,1H3. The Morgan fingerprint density at radius 2 is 2.25 bits per heavy atom. The molecule has 0 amide bonds. The van der Waals surface area contributed by atoms with E-state index in [4.69, 9.17) is 4.74 Å². The molecule has 0 spiro atoms. The van der Waals surface area contributed by atoms with E-state index in [1.807, 2.05) is 19.1 Å². The molecule has 1 atom stereocenters. The lowest BCUT2D eigenvalue weighted by Crippen LogP contribution is -2.18. The molecule has 1 aromatic rings. The first kappa shape index (κ1) is 7.62. The molecule has 64 valence electrons. The molecule has 0 aromatic heterocycles. The normalized spacial score (nSPS) is 21.9. The third-order valence-corrected chi connectivity index (χ3v) is 2.29. The van der Waals surface area contributed by atoms with E-state index in [1.54, 1.807) is 6.07 Å². The summed E-state index contributed by atoms with van der Waals surface area (Å²) in [7, 11) is 0. The summed E-state index contributed by atoms with van der Waals surface area (Å²) in [6.45, 7) is 2.77. The molecular weight excluding hydrogens is 152 g/mol. The van der Waals surface area contributed by atoms with Crippen molar-refractivity contribution in [3.05, 3.63) is 29.3 Å². The fourth-order valence-corrected chi connectivity index (χ4v) is 1.38. The van der Waals surface area contributed by atoms with E-state index in [0.717, 1.165) is 18.6 Å². The van der Waals surface area contributed by atoms with Crippen molar-refractivity contribution in [1.82, 2.24) is 0 Å². The SMILES string of the molecule is Cc1cc(C2CCO2)ccc1O. The van der Waals surface area contributed by atoms with Crippen LogP contribution in [-0.2, 0) is 4.74 Å². The third-order valence-electron chi connectivity index (χ3n) is 2.29. The van der Waals surface area contributed by atoms with Crippen LogP contribution < -0.4 is 0 Å². The van der Waals surface area contributed by atoms with Crippen LogP contribution in [0.3, 0.4) is 0 Å². The third kappa shape index (κ3) is 1.18. The van der Waals surface area contributed by atoms with Crippen LogP contribution in [-0.4, -0.2) is 11.7 Å². The van der Waals surface area contributed by atoms with Crippen LogP contribution in [0.2, 0.25) is 0 Å². The van der Waals surface area contributed by atoms with Gasteiger partial charge in [-0.3, -0.25) is 0 Å². The first-order valence-electron chi connectivity index (χ1n) is 4.18. The van der Waals surface area contributed by atoms with Crippen molar-refractivity contribution in [1.29, 1.82) is 0 Å². The average molecular weight is 164 g/mol. The van der Waals surface area contributed by atoms with E-state index in [0.29, 0.717) is 5.75 Å². The molecule has 0 bridgehead atoms. The predicted molar refractivity (Wildman–Crippen MR) is 46.2 cm³/mol. The lowest BCUT2D eigenvalue weighted by atomic mass is 10.0. The summed E-state index contributed by atoms with van der Waals surface area (Å²) in [5.74, 6) is 0.359. The van der Waals surface area contributed by atoms with Crippen molar-refractivity contribution in [2.45, 2.75) is 19.4 Å². The summed E-state index contributed by atoms with van der Waals surface area (Å²) in [5, 5.41) is 9.28. The van der Waals surface area contributed by atoms with Crippen LogP contribution >= 0.6 is 0 Å². The van der Waals surface area contributed by atoms with Gasteiger partial charge < -0.3 is 9.84 Å². The number of phenols is 1. The first-order valence-corrected chi connectivity index (χ1v) is 4.18. The molecule has 0 aliphatic carbocycles. The van der Waals surface area contributed by atoms with Gasteiger partial charge in [-0.2, -0.15) is 0 Å². The molecule has 12 heavy (non-hydrogen) atoms. The smallest absolute Gasteiger partial charge is 0.118 e. The van der Waals surface area contributed by atoms with Crippen molar-refractivity contribution < 1.29 is 9.84 Å². The van der Waals surface area contributed by atoms with Crippen LogP contribution in [0.15, 0.2) is 18.2 Å². The molecule has 1 aromatic carbocycles. The second-order valence-electron chi connectivity index (χ2n) is 3.19. The van der Waals surface area contributed by atoms with E-state index in [2.05, 4.69) is 0 Å². The van der Waals surface area contributed by atoms with Crippen LogP contribution in [0.5, 0.6) is 5.75 Å². The zero-order chi connectivity index (χ0) is 8.55. The zero-order valence-electron chi connectivity index (χ0n) is 7.08. The van der Waals surface area contributed by atoms with E-state index in [1.165, 1.54) is 5.56 Å². The number of aryl methyl sites for hydroxylation is 1. The Morgan fingerprint density at radius 3 is 2.75 bits per heavy atom. The number of phenolic OH excluding ortho intramolecular Hbond substituents is 1. The zero-order valence-corrected chi connectivity index (χ0v) is 7.08. The second-order valence-corrected chi connectivity index (χ2v) is 3.19. The number of aromatic hydroxyl groups is 1. The van der Waals surface area contributed by atoms with Crippen molar-refractivity contribution >= 4 is 0 Å². The molecule has 1 heterocycles. The van der Waals surface area contributed by atoms with Crippen LogP contribution in [0.4, 0.5) is 0 Å². The Hall–Kier alpha value is -1.02. The number of hydrogen-bond acceptors (Lipinski definition) is 2. The second kappa shape index (κ2) is 2.79. The molecule has 0 saturated carbocycles. The Balaban J connectivity index is 2.27. The van der Waals surface area contributed by atoms with E-state index in [9.17, 15) is 5.11 Å². The van der Waals surface area contributed by atoms with Crippen molar-refractivity contribution in [2.24, 2.45) is 0 Å². The maximum absolute atomic E-state index is 9.28. The van der Waals surface area contributed by atoms with Gasteiger partial charge in [0.05, 0.1) is 12.7 Å². The molecule has 1 fully saturated rings. The summed E-state index contributed by atoms with van der Waals surface area (Å²) in [6.07, 6.45) is 1.37. The van der Waals surface area contributed by atoms with Crippen LogP contribution in [0.25, 0.3) is 0 Å². The minimum Gasteiger partial charge on any atom is -0.508 e. The minimum absolute atomic E-state index is 0.268. The number of benzene rings is 1. The van der Waals surface area contributed by atoms with Gasteiger partial charge in [0.25, 0.3) is 0 Å². The summed E-state index contributed by atoms with van der Waals surface area (Å²) >= 11 is 0. The largest absolute Gasteiger partial charge is 0.508 e. The highest BCUT2D eigenvalue weighted by molar-refractivity contribution is 5.36. The van der Waals surface area contributed by atoms with Gasteiger partial charge >= 0.3 is 0 Å². The molecule has 2 nitrogen and oxygen atoms in total. The Kier molecular flexibility index (Phi) is 1.77. The fraction of sp³-hybridized carbons (Fsp3) is 0.400. The molecule has 2 rings (SSSR count). The van der Waals surface area contributed by atoms with E-state index in [-0.39, 0.29) is 6.10 Å². The molecular formula is C10H12O2. The number of hydrogen-bond donors (Lipinski definition) is 1. The van der Waals surface area contributed by atoms with Crippen LogP contribution in [0, 0.1) is 6.92 Å². The highest BCUT2D eigenvalue weighted by atomic mass is 16.5. The topological polar surface area (TPSA) is 29.5 Å². The summed E-state index contributed by atoms with van der Waals surface area (Å²) < 4.78 is 5.33. The van der Waals surface area contributed by atoms with Gasteiger partial charge in [0, 0.05) is 6.42 Å². The first-order chi connectivity index (χ1) is 5.77. The molecule has 1 unspecified atom stereocenters. The van der Waals surface area contributed by atoms with E-state index < -0.39 is 0 Å². The summed E-state index contributed by atoms with van der Waals surface area (Å²) in [4.78, 5) is 0. The summed E-state index contributed by atoms with van der Waals surface area (Å²) in [5.41, 5.74) is 2.10. The maximum Gasteiger partial charge on any atom is 0.118 e. The minimum atomic E-state index is 0.268. The lowest BCUT2D eigenvalue weighted by molar-refractivity contribution is -0.0527. The monoisotopic (exact) mass is 164 g/mol. The van der Waals surface area contributed by atoms with Crippen LogP contribution in [0.1, 0.15) is 23.7 Å².